The minimum Gasteiger partial charge on any atom is -0.494 e. The fraction of sp³-hybridized carbons (Fsp3) is 0.611. The molecule has 9 heteroatoms. The molecule has 0 aromatic heterocycles. The average Bonchev–Trinajstić information content (AvgIpc) is 3.51. The number of piperazine rings is 1. The zero-order valence-corrected chi connectivity index (χ0v) is 16.4. The number of carbonyl (C=O) groups is 1. The summed E-state index contributed by atoms with van der Waals surface area (Å²) in [5.74, 6) is 0.00250. The van der Waals surface area contributed by atoms with Crippen LogP contribution in [-0.2, 0) is 14.8 Å². The largest absolute Gasteiger partial charge is 0.494 e. The van der Waals surface area contributed by atoms with Gasteiger partial charge in [-0.15, -0.1) is 0 Å². The SMILES string of the molecule is CCCCOc1ccc(N2CCN(S(=O)(=O)C3(C(=O)NO)CC3)CC2)cc1. The van der Waals surface area contributed by atoms with Gasteiger partial charge in [0.15, 0.2) is 4.75 Å². The standard InChI is InChI=1S/C18H27N3O5S/c1-2-3-14-26-16-6-4-15(5-7-16)20-10-12-21(13-11-20)27(24,25)18(8-9-18)17(22)19-23/h4-7,23H,2-3,8-14H2,1H3,(H,19,22). The fourth-order valence-corrected chi connectivity index (χ4v) is 5.38. The monoisotopic (exact) mass is 397 g/mol. The van der Waals surface area contributed by atoms with E-state index in [1.54, 1.807) is 0 Å². The van der Waals surface area contributed by atoms with E-state index < -0.39 is 20.7 Å². The van der Waals surface area contributed by atoms with Crippen LogP contribution in [-0.4, -0.2) is 61.4 Å². The summed E-state index contributed by atoms with van der Waals surface area (Å²) < 4.78 is 31.2. The summed E-state index contributed by atoms with van der Waals surface area (Å²) in [4.78, 5) is 13.9. The van der Waals surface area contributed by atoms with Crippen LogP contribution in [0.3, 0.4) is 0 Å². The van der Waals surface area contributed by atoms with E-state index in [0.29, 0.717) is 32.8 Å². The highest BCUT2D eigenvalue weighted by atomic mass is 32.2. The Morgan fingerprint density at radius 3 is 2.33 bits per heavy atom. The Balaban J connectivity index is 1.58. The molecule has 27 heavy (non-hydrogen) atoms. The van der Waals surface area contributed by atoms with Crippen LogP contribution in [0.1, 0.15) is 32.6 Å². The molecule has 1 aromatic carbocycles. The van der Waals surface area contributed by atoms with Crippen LogP contribution in [0.4, 0.5) is 5.69 Å². The second-order valence-electron chi connectivity index (χ2n) is 7.02. The van der Waals surface area contributed by atoms with Gasteiger partial charge in [0.1, 0.15) is 5.75 Å². The molecule has 0 unspecified atom stereocenters. The molecule has 0 bridgehead atoms. The molecule has 8 nitrogen and oxygen atoms in total. The number of nitrogens with one attached hydrogen (secondary N) is 1. The maximum Gasteiger partial charge on any atom is 0.266 e. The number of hydrogen-bond acceptors (Lipinski definition) is 6. The summed E-state index contributed by atoms with van der Waals surface area (Å²) in [6, 6.07) is 7.82. The topological polar surface area (TPSA) is 99.2 Å². The predicted octanol–water partition coefficient (Wildman–Crippen LogP) is 1.36. The van der Waals surface area contributed by atoms with Gasteiger partial charge in [0.05, 0.1) is 6.61 Å². The summed E-state index contributed by atoms with van der Waals surface area (Å²) in [5, 5.41) is 8.85. The number of benzene rings is 1. The summed E-state index contributed by atoms with van der Waals surface area (Å²) in [6.07, 6.45) is 2.61. The summed E-state index contributed by atoms with van der Waals surface area (Å²) in [7, 11) is -3.77. The van der Waals surface area contributed by atoms with E-state index in [-0.39, 0.29) is 12.8 Å². The molecule has 2 aliphatic rings. The Bertz CT molecular complexity index is 754. The van der Waals surface area contributed by atoms with Crippen LogP contribution < -0.4 is 15.1 Å². The smallest absolute Gasteiger partial charge is 0.266 e. The molecule has 0 radical (unpaired) electrons. The molecule has 1 aromatic rings. The van der Waals surface area contributed by atoms with Gasteiger partial charge in [0.2, 0.25) is 10.0 Å². The number of hydroxylamine groups is 1. The number of amides is 1. The number of carbonyl (C=O) groups excluding carboxylic acids is 1. The predicted molar refractivity (Wildman–Crippen MR) is 101 cm³/mol. The molecule has 0 spiro atoms. The highest BCUT2D eigenvalue weighted by Crippen LogP contribution is 2.45. The van der Waals surface area contributed by atoms with Gasteiger partial charge < -0.3 is 9.64 Å². The van der Waals surface area contributed by atoms with E-state index >= 15 is 0 Å². The lowest BCUT2D eigenvalue weighted by molar-refractivity contribution is -0.129. The molecule has 1 heterocycles. The minimum absolute atomic E-state index is 0.251. The van der Waals surface area contributed by atoms with Crippen molar-refractivity contribution in [3.05, 3.63) is 24.3 Å². The van der Waals surface area contributed by atoms with Crippen molar-refractivity contribution in [1.82, 2.24) is 9.79 Å². The lowest BCUT2D eigenvalue weighted by Gasteiger charge is -2.36. The van der Waals surface area contributed by atoms with Gasteiger partial charge in [0, 0.05) is 31.9 Å². The van der Waals surface area contributed by atoms with Crippen molar-refractivity contribution in [2.75, 3.05) is 37.7 Å². The first-order valence-corrected chi connectivity index (χ1v) is 10.8. The van der Waals surface area contributed by atoms with E-state index in [1.165, 1.54) is 9.79 Å². The highest BCUT2D eigenvalue weighted by molar-refractivity contribution is 7.91. The maximum absolute atomic E-state index is 12.8. The van der Waals surface area contributed by atoms with Gasteiger partial charge >= 0.3 is 0 Å². The van der Waals surface area contributed by atoms with Crippen LogP contribution in [0.15, 0.2) is 24.3 Å². The molecule has 2 fully saturated rings. The van der Waals surface area contributed by atoms with Crippen molar-refractivity contribution in [1.29, 1.82) is 0 Å². The summed E-state index contributed by atoms with van der Waals surface area (Å²) >= 11 is 0. The van der Waals surface area contributed by atoms with Gasteiger partial charge in [0.25, 0.3) is 5.91 Å². The molecule has 1 aliphatic carbocycles. The zero-order chi connectivity index (χ0) is 19.5. The van der Waals surface area contributed by atoms with E-state index in [1.807, 2.05) is 24.3 Å². The Kier molecular flexibility index (Phi) is 5.92. The first kappa shape index (κ1) is 19.9. The number of anilines is 1. The Morgan fingerprint density at radius 1 is 1.19 bits per heavy atom. The second-order valence-corrected chi connectivity index (χ2v) is 9.27. The molecule has 1 aliphatic heterocycles. The third kappa shape index (κ3) is 3.90. The van der Waals surface area contributed by atoms with Crippen LogP contribution in [0, 0.1) is 0 Å². The van der Waals surface area contributed by atoms with Crippen LogP contribution in [0.25, 0.3) is 0 Å². The molecule has 1 amide bonds. The number of hydrogen-bond donors (Lipinski definition) is 2. The van der Waals surface area contributed by atoms with Gasteiger partial charge in [-0.25, -0.2) is 13.9 Å². The molecule has 150 valence electrons. The Labute approximate surface area is 160 Å². The van der Waals surface area contributed by atoms with Crippen LogP contribution >= 0.6 is 0 Å². The molecule has 2 N–H and O–H groups in total. The molecule has 3 rings (SSSR count). The third-order valence-corrected chi connectivity index (χ3v) is 7.89. The van der Waals surface area contributed by atoms with Crippen molar-refractivity contribution in [2.45, 2.75) is 37.4 Å². The average molecular weight is 397 g/mol. The molecule has 0 atom stereocenters. The van der Waals surface area contributed by atoms with Gasteiger partial charge in [-0.2, -0.15) is 4.31 Å². The van der Waals surface area contributed by atoms with Gasteiger partial charge in [-0.1, -0.05) is 13.3 Å². The van der Waals surface area contributed by atoms with Crippen molar-refractivity contribution in [2.24, 2.45) is 0 Å². The fourth-order valence-electron chi connectivity index (χ4n) is 3.34. The van der Waals surface area contributed by atoms with Crippen LogP contribution in [0.2, 0.25) is 0 Å². The quantitative estimate of drug-likeness (QED) is 0.390. The number of sulfonamides is 1. The number of nitrogens with zero attached hydrogens (tertiary/aromatic N) is 2. The molecular weight excluding hydrogens is 370 g/mol. The van der Waals surface area contributed by atoms with Crippen molar-refractivity contribution in [3.63, 3.8) is 0 Å². The second kappa shape index (κ2) is 8.04. The lowest BCUT2D eigenvalue weighted by atomic mass is 10.2. The lowest BCUT2D eigenvalue weighted by Crippen LogP contribution is -2.54. The van der Waals surface area contributed by atoms with E-state index in [0.717, 1.165) is 24.3 Å². The van der Waals surface area contributed by atoms with E-state index in [2.05, 4.69) is 11.8 Å². The first-order valence-electron chi connectivity index (χ1n) is 9.36. The normalized spacial score (nSPS) is 19.6. The first-order chi connectivity index (χ1) is 12.9. The molecular formula is C18H27N3O5S. The van der Waals surface area contributed by atoms with E-state index in [4.69, 9.17) is 9.94 Å². The highest BCUT2D eigenvalue weighted by Gasteiger charge is 2.63. The van der Waals surface area contributed by atoms with E-state index in [9.17, 15) is 13.2 Å². The number of ether oxygens (including phenoxy) is 1. The van der Waals surface area contributed by atoms with Crippen LogP contribution in [0.5, 0.6) is 5.75 Å². The minimum atomic E-state index is -3.77. The maximum atomic E-state index is 12.8. The van der Waals surface area contributed by atoms with Gasteiger partial charge in [-0.3, -0.25) is 10.0 Å². The molecule has 1 saturated carbocycles. The van der Waals surface area contributed by atoms with Crippen molar-refractivity contribution < 1.29 is 23.2 Å². The molecule has 1 saturated heterocycles. The van der Waals surface area contributed by atoms with Crippen molar-refractivity contribution in [3.8, 4) is 5.75 Å². The third-order valence-electron chi connectivity index (χ3n) is 5.26. The van der Waals surface area contributed by atoms with Gasteiger partial charge in [-0.05, 0) is 43.5 Å². The summed E-state index contributed by atoms with van der Waals surface area (Å²) in [5.41, 5.74) is 2.52. The summed E-state index contributed by atoms with van der Waals surface area (Å²) in [6.45, 7) is 4.55. The Hall–Kier alpha value is -1.84. The van der Waals surface area contributed by atoms with Crippen molar-refractivity contribution >= 4 is 21.6 Å². The zero-order valence-electron chi connectivity index (χ0n) is 15.6. The number of rotatable bonds is 8. The Morgan fingerprint density at radius 2 is 1.81 bits per heavy atom. The number of unbranched alkanes of at least 4 members (excludes halogenated alkanes) is 1.